The molecule has 3 rings (SSSR count). The predicted octanol–water partition coefficient (Wildman–Crippen LogP) is 0.455. The number of rotatable bonds is 2. The number of carbonyl (C=O) groups is 2. The molecule has 5 heteroatoms. The van der Waals surface area contributed by atoms with Gasteiger partial charge in [-0.2, -0.15) is 0 Å². The summed E-state index contributed by atoms with van der Waals surface area (Å²) in [5.74, 6) is 0.831. The lowest BCUT2D eigenvalue weighted by atomic mass is 9.95. The Bertz CT molecular complexity index is 395. The van der Waals surface area contributed by atoms with Gasteiger partial charge in [0.25, 0.3) is 0 Å². The van der Waals surface area contributed by atoms with Crippen LogP contribution in [0.15, 0.2) is 0 Å². The number of amides is 2. The van der Waals surface area contributed by atoms with Crippen LogP contribution in [0.3, 0.4) is 0 Å². The first kappa shape index (κ1) is 13.9. The number of piperazine rings is 1. The molecule has 2 aliphatic heterocycles. The van der Waals surface area contributed by atoms with Crippen molar-refractivity contribution in [2.24, 2.45) is 11.8 Å². The second kappa shape index (κ2) is 5.72. The minimum atomic E-state index is 0.0204. The van der Waals surface area contributed by atoms with Gasteiger partial charge in [-0.05, 0) is 32.6 Å². The quantitative estimate of drug-likeness (QED) is 0.799. The smallest absolute Gasteiger partial charge is 0.227 e. The highest BCUT2D eigenvalue weighted by atomic mass is 16.2. The molecule has 1 unspecified atom stereocenters. The summed E-state index contributed by atoms with van der Waals surface area (Å²) in [6.45, 7) is 6.14. The van der Waals surface area contributed by atoms with Crippen LogP contribution < -0.4 is 5.32 Å². The molecule has 3 aliphatic rings. The van der Waals surface area contributed by atoms with Gasteiger partial charge in [-0.3, -0.25) is 9.59 Å². The summed E-state index contributed by atoms with van der Waals surface area (Å²) < 4.78 is 0. The summed E-state index contributed by atoms with van der Waals surface area (Å²) in [6.07, 6.45) is 3.99. The predicted molar refractivity (Wildman–Crippen MR) is 76.1 cm³/mol. The van der Waals surface area contributed by atoms with Gasteiger partial charge in [0.05, 0.1) is 5.92 Å². The van der Waals surface area contributed by atoms with Gasteiger partial charge in [0.2, 0.25) is 11.8 Å². The topological polar surface area (TPSA) is 52.7 Å². The van der Waals surface area contributed by atoms with Gasteiger partial charge in [-0.1, -0.05) is 0 Å². The van der Waals surface area contributed by atoms with Crippen LogP contribution in [0, 0.1) is 11.8 Å². The zero-order valence-corrected chi connectivity index (χ0v) is 12.3. The summed E-state index contributed by atoms with van der Waals surface area (Å²) in [4.78, 5) is 28.8. The number of hydrogen-bond donors (Lipinski definition) is 1. The minimum absolute atomic E-state index is 0.0204. The van der Waals surface area contributed by atoms with E-state index in [9.17, 15) is 9.59 Å². The normalized spacial score (nSPS) is 31.2. The molecule has 2 amide bonds. The molecule has 1 aliphatic carbocycles. The Morgan fingerprint density at radius 3 is 2.55 bits per heavy atom. The van der Waals surface area contributed by atoms with Crippen LogP contribution in [-0.2, 0) is 9.59 Å². The van der Waals surface area contributed by atoms with Crippen LogP contribution >= 0.6 is 0 Å². The van der Waals surface area contributed by atoms with E-state index >= 15 is 0 Å². The van der Waals surface area contributed by atoms with E-state index < -0.39 is 0 Å². The molecule has 2 atom stereocenters. The van der Waals surface area contributed by atoms with Crippen molar-refractivity contribution in [3.8, 4) is 0 Å². The summed E-state index contributed by atoms with van der Waals surface area (Å²) in [6, 6.07) is 0.269. The highest BCUT2D eigenvalue weighted by Gasteiger charge is 2.38. The first-order valence-electron chi connectivity index (χ1n) is 7.97. The molecule has 2 saturated heterocycles. The fourth-order valence-electron chi connectivity index (χ4n) is 3.37. The summed E-state index contributed by atoms with van der Waals surface area (Å²) in [5, 5.41) is 3.31. The molecule has 0 spiro atoms. The highest BCUT2D eigenvalue weighted by Crippen LogP contribution is 2.32. The third-order valence-electron chi connectivity index (χ3n) is 4.79. The van der Waals surface area contributed by atoms with Crippen LogP contribution in [0.4, 0.5) is 0 Å². The van der Waals surface area contributed by atoms with Gasteiger partial charge < -0.3 is 15.1 Å². The molecular formula is C15H25N3O2. The number of nitrogens with one attached hydrogen (secondary N) is 1. The third kappa shape index (κ3) is 2.82. The van der Waals surface area contributed by atoms with E-state index in [0.29, 0.717) is 6.54 Å². The van der Waals surface area contributed by atoms with E-state index in [1.807, 2.05) is 9.80 Å². The van der Waals surface area contributed by atoms with E-state index in [2.05, 4.69) is 12.2 Å². The summed E-state index contributed by atoms with van der Waals surface area (Å²) in [7, 11) is 0. The van der Waals surface area contributed by atoms with Crippen LogP contribution in [0.1, 0.15) is 32.6 Å². The average molecular weight is 279 g/mol. The fraction of sp³-hybridized carbons (Fsp3) is 0.867. The molecule has 20 heavy (non-hydrogen) atoms. The van der Waals surface area contributed by atoms with Crippen LogP contribution in [0.5, 0.6) is 0 Å². The van der Waals surface area contributed by atoms with Crippen molar-refractivity contribution in [1.29, 1.82) is 0 Å². The Kier molecular flexibility index (Phi) is 3.96. The number of likely N-dealkylation sites (tertiary alicyclic amines) is 1. The van der Waals surface area contributed by atoms with E-state index in [1.165, 1.54) is 0 Å². The van der Waals surface area contributed by atoms with Crippen molar-refractivity contribution < 1.29 is 9.59 Å². The van der Waals surface area contributed by atoms with E-state index in [-0.39, 0.29) is 29.7 Å². The fourth-order valence-corrected chi connectivity index (χ4v) is 3.37. The van der Waals surface area contributed by atoms with Crippen LogP contribution in [0.25, 0.3) is 0 Å². The number of piperidine rings is 1. The van der Waals surface area contributed by atoms with E-state index in [4.69, 9.17) is 0 Å². The third-order valence-corrected chi connectivity index (χ3v) is 4.79. The first-order chi connectivity index (χ1) is 9.66. The van der Waals surface area contributed by atoms with Crippen LogP contribution in [-0.4, -0.2) is 60.4 Å². The maximum Gasteiger partial charge on any atom is 0.227 e. The molecule has 1 N–H and O–H groups in total. The maximum atomic E-state index is 12.7. The largest absolute Gasteiger partial charge is 0.342 e. The monoisotopic (exact) mass is 279 g/mol. The van der Waals surface area contributed by atoms with Crippen molar-refractivity contribution in [2.75, 3.05) is 32.7 Å². The lowest BCUT2D eigenvalue weighted by molar-refractivity contribution is -0.143. The first-order valence-corrected chi connectivity index (χ1v) is 7.97. The van der Waals surface area contributed by atoms with Crippen LogP contribution in [0.2, 0.25) is 0 Å². The molecule has 1 saturated carbocycles. The van der Waals surface area contributed by atoms with Crippen molar-refractivity contribution in [3.05, 3.63) is 0 Å². The van der Waals surface area contributed by atoms with E-state index in [1.54, 1.807) is 0 Å². The molecule has 5 nitrogen and oxygen atoms in total. The Hall–Kier alpha value is -1.10. The summed E-state index contributed by atoms with van der Waals surface area (Å²) in [5.41, 5.74) is 0. The van der Waals surface area contributed by atoms with Gasteiger partial charge in [0.15, 0.2) is 0 Å². The molecule has 0 aromatic rings. The van der Waals surface area contributed by atoms with Gasteiger partial charge >= 0.3 is 0 Å². The zero-order valence-electron chi connectivity index (χ0n) is 12.3. The maximum absolute atomic E-state index is 12.7. The van der Waals surface area contributed by atoms with Crippen molar-refractivity contribution in [2.45, 2.75) is 38.6 Å². The number of hydrogen-bond acceptors (Lipinski definition) is 3. The van der Waals surface area contributed by atoms with Crippen molar-refractivity contribution in [1.82, 2.24) is 15.1 Å². The number of nitrogens with zero attached hydrogens (tertiary/aromatic N) is 2. The summed E-state index contributed by atoms with van der Waals surface area (Å²) >= 11 is 0. The van der Waals surface area contributed by atoms with E-state index in [0.717, 1.165) is 51.9 Å². The molecule has 0 bridgehead atoms. The molecule has 0 aromatic carbocycles. The average Bonchev–Trinajstić information content (AvgIpc) is 3.31. The second-order valence-corrected chi connectivity index (χ2v) is 6.48. The second-order valence-electron chi connectivity index (χ2n) is 6.48. The molecular weight excluding hydrogens is 254 g/mol. The Morgan fingerprint density at radius 1 is 1.05 bits per heavy atom. The van der Waals surface area contributed by atoms with Gasteiger partial charge in [-0.25, -0.2) is 0 Å². The molecule has 0 radical (unpaired) electrons. The van der Waals surface area contributed by atoms with Crippen molar-refractivity contribution >= 4 is 11.8 Å². The molecule has 0 aromatic heterocycles. The van der Waals surface area contributed by atoms with Gasteiger partial charge in [0, 0.05) is 44.7 Å². The molecule has 2 heterocycles. The lowest BCUT2D eigenvalue weighted by Gasteiger charge is -2.39. The highest BCUT2D eigenvalue weighted by molar-refractivity contribution is 5.83. The standard InChI is InChI=1S/C15H25N3O2/c1-11-9-16-6-8-18(11)15(20)13-3-2-7-17(10-13)14(19)12-4-5-12/h11-13,16H,2-10H2,1H3/t11-,13?/m1/s1. The van der Waals surface area contributed by atoms with Gasteiger partial charge in [0.1, 0.15) is 0 Å². The Balaban J connectivity index is 1.60. The Morgan fingerprint density at radius 2 is 1.85 bits per heavy atom. The molecule has 112 valence electrons. The van der Waals surface area contributed by atoms with Crippen molar-refractivity contribution in [3.63, 3.8) is 0 Å². The molecule has 3 fully saturated rings. The van der Waals surface area contributed by atoms with Gasteiger partial charge in [-0.15, -0.1) is 0 Å². The SMILES string of the molecule is C[C@@H]1CNCCN1C(=O)C1CCCN(C(=O)C2CC2)C1. The lowest BCUT2D eigenvalue weighted by Crippen LogP contribution is -2.56. The Labute approximate surface area is 120 Å². The minimum Gasteiger partial charge on any atom is -0.342 e. The number of carbonyl (C=O) groups excluding carboxylic acids is 2. The zero-order chi connectivity index (χ0) is 14.1.